The van der Waals surface area contributed by atoms with E-state index >= 15 is 0 Å². The van der Waals surface area contributed by atoms with Crippen LogP contribution in [0.1, 0.15) is 38.3 Å². The maximum Gasteiger partial charge on any atom is 0.305 e. The number of nitrogens with one attached hydrogen (secondary N) is 1. The monoisotopic (exact) mass is 279 g/mol. The van der Waals surface area contributed by atoms with Crippen LogP contribution >= 0.6 is 0 Å². The number of benzene rings is 1. The van der Waals surface area contributed by atoms with Crippen LogP contribution in [0.5, 0.6) is 0 Å². The van der Waals surface area contributed by atoms with Gasteiger partial charge in [-0.3, -0.25) is 9.59 Å². The van der Waals surface area contributed by atoms with Crippen LogP contribution in [0.2, 0.25) is 0 Å². The summed E-state index contributed by atoms with van der Waals surface area (Å²) in [4.78, 5) is 22.8. The van der Waals surface area contributed by atoms with Gasteiger partial charge in [-0.1, -0.05) is 25.1 Å². The minimum atomic E-state index is -1.03. The zero-order chi connectivity index (χ0) is 15.1. The second-order valence-electron chi connectivity index (χ2n) is 4.47. The third-order valence-electron chi connectivity index (χ3n) is 2.82. The lowest BCUT2D eigenvalue weighted by Crippen LogP contribution is -2.30. The Labute approximate surface area is 117 Å². The largest absolute Gasteiger partial charge is 0.481 e. The molecule has 4 nitrogen and oxygen atoms in total. The predicted octanol–water partition coefficient (Wildman–Crippen LogP) is 2.81. The summed E-state index contributed by atoms with van der Waals surface area (Å²) in [6.07, 6.45) is 2.23. The number of carboxylic acid groups (broad SMARTS) is 1. The Balaban J connectivity index is 2.90. The number of rotatable bonds is 6. The molecule has 0 spiro atoms. The quantitative estimate of drug-likeness (QED) is 0.787. The van der Waals surface area contributed by atoms with Crippen LogP contribution in [0, 0.1) is 5.82 Å². The number of carboxylic acids is 1. The van der Waals surface area contributed by atoms with Crippen molar-refractivity contribution in [1.29, 1.82) is 0 Å². The number of hydrogen-bond acceptors (Lipinski definition) is 2. The van der Waals surface area contributed by atoms with Crippen molar-refractivity contribution in [2.24, 2.45) is 0 Å². The molecule has 1 atom stereocenters. The normalized spacial score (nSPS) is 12.8. The van der Waals surface area contributed by atoms with Crippen molar-refractivity contribution in [2.45, 2.75) is 32.7 Å². The van der Waals surface area contributed by atoms with Crippen molar-refractivity contribution in [1.82, 2.24) is 5.32 Å². The van der Waals surface area contributed by atoms with E-state index in [0.717, 1.165) is 6.42 Å². The van der Waals surface area contributed by atoms with E-state index in [9.17, 15) is 14.0 Å². The highest BCUT2D eigenvalue weighted by molar-refractivity contribution is 5.93. The Morgan fingerprint density at radius 1 is 1.35 bits per heavy atom. The zero-order valence-corrected chi connectivity index (χ0v) is 11.5. The van der Waals surface area contributed by atoms with Crippen molar-refractivity contribution >= 4 is 11.9 Å². The van der Waals surface area contributed by atoms with Crippen LogP contribution in [0.15, 0.2) is 35.9 Å². The van der Waals surface area contributed by atoms with Crippen molar-refractivity contribution < 1.29 is 19.1 Å². The Morgan fingerprint density at radius 2 is 1.95 bits per heavy atom. The summed E-state index contributed by atoms with van der Waals surface area (Å²) in [5, 5.41) is 11.6. The molecule has 1 amide bonds. The number of amides is 1. The smallest absolute Gasteiger partial charge is 0.305 e. The molecule has 0 aliphatic heterocycles. The van der Waals surface area contributed by atoms with Gasteiger partial charge in [-0.2, -0.15) is 0 Å². The van der Waals surface area contributed by atoms with Gasteiger partial charge >= 0.3 is 5.97 Å². The summed E-state index contributed by atoms with van der Waals surface area (Å²) < 4.78 is 12.9. The molecule has 1 aromatic rings. The molecular formula is C15H18FNO3. The van der Waals surface area contributed by atoms with Gasteiger partial charge in [0, 0.05) is 5.57 Å². The second kappa shape index (κ2) is 7.43. The van der Waals surface area contributed by atoms with Crippen LogP contribution in [0.4, 0.5) is 4.39 Å². The van der Waals surface area contributed by atoms with Crippen LogP contribution in [0.3, 0.4) is 0 Å². The summed E-state index contributed by atoms with van der Waals surface area (Å²) in [5.41, 5.74) is 1.09. The molecule has 20 heavy (non-hydrogen) atoms. The lowest BCUT2D eigenvalue weighted by Gasteiger charge is -2.17. The molecule has 0 bridgehead atoms. The number of allylic oxidation sites excluding steroid dienone is 1. The topological polar surface area (TPSA) is 66.4 Å². The van der Waals surface area contributed by atoms with Crippen molar-refractivity contribution in [3.8, 4) is 0 Å². The highest BCUT2D eigenvalue weighted by Crippen LogP contribution is 2.18. The summed E-state index contributed by atoms with van der Waals surface area (Å²) in [6, 6.07) is 4.75. The van der Waals surface area contributed by atoms with Gasteiger partial charge in [0.2, 0.25) is 5.91 Å². The van der Waals surface area contributed by atoms with E-state index in [-0.39, 0.29) is 12.3 Å². The highest BCUT2D eigenvalue weighted by atomic mass is 19.1. The van der Waals surface area contributed by atoms with Gasteiger partial charge in [-0.15, -0.1) is 0 Å². The standard InChI is InChI=1S/C15H18FNO3/c1-3-4-10(2)15(20)17-13(9-14(18)19)11-5-7-12(16)8-6-11/h4-8,13H,3,9H2,1-2H3,(H,17,20)(H,18,19)/b10-4+. The minimum absolute atomic E-state index is 0.253. The first-order valence-corrected chi connectivity index (χ1v) is 6.39. The number of carbonyl (C=O) groups is 2. The highest BCUT2D eigenvalue weighted by Gasteiger charge is 2.18. The van der Waals surface area contributed by atoms with Crippen LogP contribution in [-0.2, 0) is 9.59 Å². The molecule has 0 aliphatic carbocycles. The van der Waals surface area contributed by atoms with E-state index in [1.807, 2.05) is 6.92 Å². The van der Waals surface area contributed by atoms with Gasteiger partial charge in [0.05, 0.1) is 12.5 Å². The van der Waals surface area contributed by atoms with E-state index in [1.165, 1.54) is 24.3 Å². The molecule has 5 heteroatoms. The molecule has 0 fully saturated rings. The predicted molar refractivity (Wildman–Crippen MR) is 73.6 cm³/mol. The summed E-state index contributed by atoms with van der Waals surface area (Å²) in [6.45, 7) is 3.58. The maximum atomic E-state index is 12.9. The summed E-state index contributed by atoms with van der Waals surface area (Å²) in [7, 11) is 0. The van der Waals surface area contributed by atoms with Gasteiger partial charge in [-0.05, 0) is 31.0 Å². The molecule has 0 heterocycles. The maximum absolute atomic E-state index is 12.9. The molecule has 0 aliphatic rings. The molecule has 108 valence electrons. The first kappa shape index (κ1) is 15.9. The van der Waals surface area contributed by atoms with E-state index in [0.29, 0.717) is 11.1 Å². The molecule has 0 aromatic heterocycles. The number of halogens is 1. The lowest BCUT2D eigenvalue weighted by molar-refractivity contribution is -0.137. The average Bonchev–Trinajstić information content (AvgIpc) is 2.38. The third kappa shape index (κ3) is 4.84. The Hall–Kier alpha value is -2.17. The van der Waals surface area contributed by atoms with Crippen molar-refractivity contribution in [2.75, 3.05) is 0 Å². The van der Waals surface area contributed by atoms with Crippen LogP contribution < -0.4 is 5.32 Å². The van der Waals surface area contributed by atoms with E-state index in [2.05, 4.69) is 5.32 Å². The molecule has 0 radical (unpaired) electrons. The Kier molecular flexibility index (Phi) is 5.90. The van der Waals surface area contributed by atoms with Gasteiger partial charge in [0.15, 0.2) is 0 Å². The molecule has 2 N–H and O–H groups in total. The van der Waals surface area contributed by atoms with Gasteiger partial charge in [-0.25, -0.2) is 4.39 Å². The molecule has 1 rings (SSSR count). The first-order valence-electron chi connectivity index (χ1n) is 6.39. The summed E-state index contributed by atoms with van der Waals surface area (Å²) in [5.74, 6) is -1.75. The fraction of sp³-hybridized carbons (Fsp3) is 0.333. The number of aliphatic carboxylic acids is 1. The van der Waals surface area contributed by atoms with Crippen molar-refractivity contribution in [3.05, 3.63) is 47.3 Å². The van der Waals surface area contributed by atoms with Gasteiger partial charge < -0.3 is 10.4 Å². The van der Waals surface area contributed by atoms with E-state index < -0.39 is 17.8 Å². The number of carbonyl (C=O) groups excluding carboxylic acids is 1. The fourth-order valence-electron chi connectivity index (χ4n) is 1.79. The molecule has 1 unspecified atom stereocenters. The van der Waals surface area contributed by atoms with Crippen LogP contribution in [0.25, 0.3) is 0 Å². The van der Waals surface area contributed by atoms with Crippen LogP contribution in [-0.4, -0.2) is 17.0 Å². The molecule has 0 saturated heterocycles. The molecule has 0 saturated carbocycles. The van der Waals surface area contributed by atoms with E-state index in [1.54, 1.807) is 13.0 Å². The zero-order valence-electron chi connectivity index (χ0n) is 11.5. The third-order valence-corrected chi connectivity index (χ3v) is 2.82. The first-order chi connectivity index (χ1) is 9.43. The SMILES string of the molecule is CC/C=C(\C)C(=O)NC(CC(=O)O)c1ccc(F)cc1. The Bertz CT molecular complexity index is 508. The second-order valence-corrected chi connectivity index (χ2v) is 4.47. The number of hydrogen-bond donors (Lipinski definition) is 2. The minimum Gasteiger partial charge on any atom is -0.481 e. The molecular weight excluding hydrogens is 261 g/mol. The Morgan fingerprint density at radius 3 is 2.45 bits per heavy atom. The average molecular weight is 279 g/mol. The summed E-state index contributed by atoms with van der Waals surface area (Å²) >= 11 is 0. The fourth-order valence-corrected chi connectivity index (χ4v) is 1.79. The van der Waals surface area contributed by atoms with Gasteiger partial charge in [0.25, 0.3) is 0 Å². The van der Waals surface area contributed by atoms with Crippen molar-refractivity contribution in [3.63, 3.8) is 0 Å². The lowest BCUT2D eigenvalue weighted by atomic mass is 10.0. The molecule has 1 aromatic carbocycles. The van der Waals surface area contributed by atoms with Gasteiger partial charge in [0.1, 0.15) is 5.82 Å². The van der Waals surface area contributed by atoms with E-state index in [4.69, 9.17) is 5.11 Å².